The van der Waals surface area contributed by atoms with E-state index in [1.807, 2.05) is 18.2 Å². The molecule has 0 unspecified atom stereocenters. The number of carbonyl (C=O) groups excluding carboxylic acids is 1. The van der Waals surface area contributed by atoms with Crippen LogP contribution in [0.25, 0.3) is 0 Å². The smallest absolute Gasteiger partial charge is 0.240 e. The van der Waals surface area contributed by atoms with Crippen LogP contribution in [0.5, 0.6) is 11.5 Å². The fourth-order valence-electron chi connectivity index (χ4n) is 1.71. The maximum absolute atomic E-state index is 11.0. The molecule has 5 nitrogen and oxygen atoms in total. The predicted molar refractivity (Wildman–Crippen MR) is 63.5 cm³/mol. The summed E-state index contributed by atoms with van der Waals surface area (Å²) in [5, 5.41) is 4.05. The molecule has 1 aromatic carbocycles. The molecule has 1 N–H and O–H groups in total. The molecule has 0 aliphatic carbocycles. The lowest BCUT2D eigenvalue weighted by Gasteiger charge is -2.15. The van der Waals surface area contributed by atoms with Crippen LogP contribution >= 0.6 is 0 Å². The minimum atomic E-state index is -0.0596. The Morgan fingerprint density at radius 2 is 2.06 bits per heavy atom. The van der Waals surface area contributed by atoms with Gasteiger partial charge in [-0.3, -0.25) is 4.79 Å². The molecular formula is C12H14N2O3. The van der Waals surface area contributed by atoms with Gasteiger partial charge in [0.25, 0.3) is 0 Å². The Hall–Kier alpha value is -2.04. The molecule has 1 aliphatic heterocycles. The summed E-state index contributed by atoms with van der Waals surface area (Å²) in [6.45, 7) is 0. The standard InChI is InChI=1S/C12H14N2O3/c1-16-8-3-5-11(17-2)9(7-8)10-4-6-12(15)14-13-10/h3,5,7H,4,6H2,1-2H3,(H,14,15). The Labute approximate surface area is 99.4 Å². The number of nitrogens with one attached hydrogen (secondary N) is 1. The molecule has 0 saturated carbocycles. The summed E-state index contributed by atoms with van der Waals surface area (Å²) in [5.74, 6) is 1.40. The summed E-state index contributed by atoms with van der Waals surface area (Å²) < 4.78 is 10.4. The highest BCUT2D eigenvalue weighted by molar-refractivity contribution is 6.06. The van der Waals surface area contributed by atoms with Crippen molar-refractivity contribution in [3.8, 4) is 11.5 Å². The Morgan fingerprint density at radius 3 is 2.65 bits per heavy atom. The molecule has 1 aromatic rings. The van der Waals surface area contributed by atoms with Crippen molar-refractivity contribution in [2.45, 2.75) is 12.8 Å². The summed E-state index contributed by atoms with van der Waals surface area (Å²) in [4.78, 5) is 11.0. The van der Waals surface area contributed by atoms with Gasteiger partial charge in [0.1, 0.15) is 11.5 Å². The normalized spacial score (nSPS) is 14.9. The molecule has 90 valence electrons. The van der Waals surface area contributed by atoms with Crippen molar-refractivity contribution in [1.29, 1.82) is 0 Å². The monoisotopic (exact) mass is 234 g/mol. The van der Waals surface area contributed by atoms with Gasteiger partial charge >= 0.3 is 0 Å². The lowest BCUT2D eigenvalue weighted by atomic mass is 10.0. The van der Waals surface area contributed by atoms with Crippen molar-refractivity contribution in [3.63, 3.8) is 0 Å². The number of methoxy groups -OCH3 is 2. The molecule has 0 fully saturated rings. The maximum Gasteiger partial charge on any atom is 0.240 e. The first-order chi connectivity index (χ1) is 8.24. The van der Waals surface area contributed by atoms with Crippen molar-refractivity contribution in [1.82, 2.24) is 5.43 Å². The van der Waals surface area contributed by atoms with Gasteiger partial charge in [0.2, 0.25) is 5.91 Å². The molecule has 0 saturated heterocycles. The minimum Gasteiger partial charge on any atom is -0.497 e. The molecule has 2 rings (SSSR count). The summed E-state index contributed by atoms with van der Waals surface area (Å²) in [6, 6.07) is 5.51. The molecule has 0 atom stereocenters. The first kappa shape index (κ1) is 11.4. The lowest BCUT2D eigenvalue weighted by Crippen LogP contribution is -2.26. The van der Waals surface area contributed by atoms with E-state index in [-0.39, 0.29) is 5.91 Å². The number of benzene rings is 1. The molecule has 1 amide bonds. The second-order valence-electron chi connectivity index (χ2n) is 3.66. The van der Waals surface area contributed by atoms with E-state index in [9.17, 15) is 4.79 Å². The van der Waals surface area contributed by atoms with Crippen molar-refractivity contribution >= 4 is 11.6 Å². The van der Waals surface area contributed by atoms with Gasteiger partial charge in [-0.2, -0.15) is 5.10 Å². The quantitative estimate of drug-likeness (QED) is 0.858. The van der Waals surface area contributed by atoms with E-state index in [4.69, 9.17) is 9.47 Å². The molecule has 17 heavy (non-hydrogen) atoms. The highest BCUT2D eigenvalue weighted by Crippen LogP contribution is 2.26. The SMILES string of the molecule is COc1ccc(OC)c(C2=NNC(=O)CC2)c1. The van der Waals surface area contributed by atoms with Crippen LogP contribution in [0, 0.1) is 0 Å². The van der Waals surface area contributed by atoms with Crippen LogP contribution in [0.1, 0.15) is 18.4 Å². The average Bonchev–Trinajstić information content (AvgIpc) is 2.39. The number of hydrazone groups is 1. The topological polar surface area (TPSA) is 59.9 Å². The van der Waals surface area contributed by atoms with Gasteiger partial charge < -0.3 is 9.47 Å². The zero-order valence-corrected chi connectivity index (χ0v) is 9.82. The summed E-state index contributed by atoms with van der Waals surface area (Å²) in [5.41, 5.74) is 4.13. The third-order valence-corrected chi connectivity index (χ3v) is 2.62. The van der Waals surface area contributed by atoms with Gasteiger partial charge in [-0.15, -0.1) is 0 Å². The molecule has 0 spiro atoms. The Morgan fingerprint density at radius 1 is 1.24 bits per heavy atom. The van der Waals surface area contributed by atoms with Crippen molar-refractivity contribution < 1.29 is 14.3 Å². The van der Waals surface area contributed by atoms with E-state index in [0.29, 0.717) is 12.8 Å². The molecule has 0 radical (unpaired) electrons. The number of ether oxygens (including phenoxy) is 2. The number of carbonyl (C=O) groups is 1. The number of hydrogen-bond donors (Lipinski definition) is 1. The molecule has 0 aromatic heterocycles. The summed E-state index contributed by atoms with van der Waals surface area (Å²) in [6.07, 6.45) is 1.05. The zero-order valence-electron chi connectivity index (χ0n) is 9.82. The third-order valence-electron chi connectivity index (χ3n) is 2.62. The van der Waals surface area contributed by atoms with Gasteiger partial charge in [0.15, 0.2) is 0 Å². The second kappa shape index (κ2) is 4.86. The number of nitrogens with zero attached hydrogens (tertiary/aromatic N) is 1. The van der Waals surface area contributed by atoms with Crippen LogP contribution in [-0.2, 0) is 4.79 Å². The molecule has 0 bridgehead atoms. The van der Waals surface area contributed by atoms with E-state index < -0.39 is 0 Å². The Kier molecular flexibility index (Phi) is 3.27. The first-order valence-corrected chi connectivity index (χ1v) is 5.32. The van der Waals surface area contributed by atoms with Crippen LogP contribution in [0.15, 0.2) is 23.3 Å². The number of rotatable bonds is 3. The highest BCUT2D eigenvalue weighted by Gasteiger charge is 2.17. The van der Waals surface area contributed by atoms with Crippen molar-refractivity contribution in [3.05, 3.63) is 23.8 Å². The lowest BCUT2D eigenvalue weighted by molar-refractivity contribution is -0.121. The van der Waals surface area contributed by atoms with Crippen molar-refractivity contribution in [2.24, 2.45) is 5.10 Å². The van der Waals surface area contributed by atoms with Gasteiger partial charge in [-0.05, 0) is 18.2 Å². The van der Waals surface area contributed by atoms with Crippen LogP contribution in [0.2, 0.25) is 0 Å². The van der Waals surface area contributed by atoms with E-state index >= 15 is 0 Å². The van der Waals surface area contributed by atoms with Gasteiger partial charge in [0.05, 0.1) is 19.9 Å². The van der Waals surface area contributed by atoms with E-state index in [0.717, 1.165) is 22.8 Å². The molecule has 1 aliphatic rings. The van der Waals surface area contributed by atoms with Gasteiger partial charge in [0, 0.05) is 18.4 Å². The predicted octanol–water partition coefficient (Wildman–Crippen LogP) is 1.32. The van der Waals surface area contributed by atoms with Crippen LogP contribution in [0.4, 0.5) is 0 Å². The van der Waals surface area contributed by atoms with Crippen LogP contribution in [0.3, 0.4) is 0 Å². The largest absolute Gasteiger partial charge is 0.497 e. The summed E-state index contributed by atoms with van der Waals surface area (Å²) >= 11 is 0. The Bertz CT molecular complexity index is 469. The van der Waals surface area contributed by atoms with E-state index in [1.165, 1.54) is 0 Å². The second-order valence-corrected chi connectivity index (χ2v) is 3.66. The van der Waals surface area contributed by atoms with E-state index in [2.05, 4.69) is 10.5 Å². The Balaban J connectivity index is 2.38. The van der Waals surface area contributed by atoms with Crippen LogP contribution in [-0.4, -0.2) is 25.8 Å². The fourth-order valence-corrected chi connectivity index (χ4v) is 1.71. The fraction of sp³-hybridized carbons (Fsp3) is 0.333. The number of amides is 1. The molecule has 1 heterocycles. The number of hydrogen-bond acceptors (Lipinski definition) is 4. The minimum absolute atomic E-state index is 0.0596. The zero-order chi connectivity index (χ0) is 12.3. The maximum atomic E-state index is 11.0. The van der Waals surface area contributed by atoms with Gasteiger partial charge in [-0.25, -0.2) is 5.43 Å². The average molecular weight is 234 g/mol. The van der Waals surface area contributed by atoms with Crippen LogP contribution < -0.4 is 14.9 Å². The van der Waals surface area contributed by atoms with Gasteiger partial charge in [-0.1, -0.05) is 0 Å². The molecule has 5 heteroatoms. The van der Waals surface area contributed by atoms with Crippen molar-refractivity contribution in [2.75, 3.05) is 14.2 Å². The summed E-state index contributed by atoms with van der Waals surface area (Å²) in [7, 11) is 3.21. The van der Waals surface area contributed by atoms with E-state index in [1.54, 1.807) is 14.2 Å². The third kappa shape index (κ3) is 2.38. The highest BCUT2D eigenvalue weighted by atomic mass is 16.5. The molecular weight excluding hydrogens is 220 g/mol. The first-order valence-electron chi connectivity index (χ1n) is 5.32.